The summed E-state index contributed by atoms with van der Waals surface area (Å²) in [5.41, 5.74) is 6.81. The highest BCUT2D eigenvalue weighted by atomic mass is 16.5. The number of rotatable bonds is 6. The van der Waals surface area contributed by atoms with E-state index in [2.05, 4.69) is 16.6 Å². The number of fused-ring (bicyclic) bond motifs is 1. The standard InChI is InChI=1S/C24H26N2O2/c1-16(2)28-23-12-11-19-7-5-6-8-21(19)22(23)15-25-26-24(27)14-20-10-9-17(3)13-18(20)4/h5-13,15-16H,14H2,1-4H3,(H,26,27)/b25-15+. The average Bonchev–Trinajstić information content (AvgIpc) is 2.65. The second-order valence-corrected chi connectivity index (χ2v) is 7.27. The third kappa shape index (κ3) is 4.77. The summed E-state index contributed by atoms with van der Waals surface area (Å²) >= 11 is 0. The van der Waals surface area contributed by atoms with E-state index < -0.39 is 0 Å². The lowest BCUT2D eigenvalue weighted by Gasteiger charge is -2.14. The molecule has 0 saturated heterocycles. The fraction of sp³-hybridized carbons (Fsp3) is 0.250. The number of carbonyl (C=O) groups is 1. The normalized spacial score (nSPS) is 11.3. The molecule has 144 valence electrons. The fourth-order valence-electron chi connectivity index (χ4n) is 3.19. The molecule has 3 aromatic rings. The Morgan fingerprint density at radius 1 is 1.11 bits per heavy atom. The lowest BCUT2D eigenvalue weighted by Crippen LogP contribution is -2.20. The molecule has 1 N–H and O–H groups in total. The van der Waals surface area contributed by atoms with Gasteiger partial charge in [0.1, 0.15) is 5.75 Å². The lowest BCUT2D eigenvalue weighted by atomic mass is 10.0. The van der Waals surface area contributed by atoms with E-state index >= 15 is 0 Å². The summed E-state index contributed by atoms with van der Waals surface area (Å²) in [5, 5.41) is 6.33. The molecule has 0 aliphatic carbocycles. The second kappa shape index (κ2) is 8.70. The molecule has 3 aromatic carbocycles. The highest BCUT2D eigenvalue weighted by Gasteiger charge is 2.09. The first-order valence-corrected chi connectivity index (χ1v) is 9.50. The molecular weight excluding hydrogens is 348 g/mol. The number of hydrazone groups is 1. The van der Waals surface area contributed by atoms with Crippen molar-refractivity contribution in [3.63, 3.8) is 0 Å². The van der Waals surface area contributed by atoms with Crippen molar-refractivity contribution in [2.45, 2.75) is 40.2 Å². The van der Waals surface area contributed by atoms with Gasteiger partial charge in [0.05, 0.1) is 18.7 Å². The maximum Gasteiger partial charge on any atom is 0.244 e. The van der Waals surface area contributed by atoms with Gasteiger partial charge in [-0.1, -0.05) is 54.1 Å². The Labute approximate surface area is 166 Å². The summed E-state index contributed by atoms with van der Waals surface area (Å²) in [6.07, 6.45) is 2.02. The van der Waals surface area contributed by atoms with E-state index in [0.29, 0.717) is 6.42 Å². The number of ether oxygens (including phenoxy) is 1. The van der Waals surface area contributed by atoms with E-state index in [1.807, 2.05) is 76.2 Å². The van der Waals surface area contributed by atoms with Gasteiger partial charge in [0, 0.05) is 5.56 Å². The lowest BCUT2D eigenvalue weighted by molar-refractivity contribution is -0.120. The second-order valence-electron chi connectivity index (χ2n) is 7.27. The maximum absolute atomic E-state index is 12.3. The number of carbonyl (C=O) groups excluding carboxylic acids is 1. The van der Waals surface area contributed by atoms with Gasteiger partial charge in [-0.15, -0.1) is 0 Å². The third-order valence-electron chi connectivity index (χ3n) is 4.53. The maximum atomic E-state index is 12.3. The van der Waals surface area contributed by atoms with Gasteiger partial charge in [0.25, 0.3) is 0 Å². The van der Waals surface area contributed by atoms with Crippen molar-refractivity contribution in [2.24, 2.45) is 5.10 Å². The van der Waals surface area contributed by atoms with Gasteiger partial charge in [-0.2, -0.15) is 5.10 Å². The van der Waals surface area contributed by atoms with E-state index in [1.165, 1.54) is 5.56 Å². The number of amides is 1. The smallest absolute Gasteiger partial charge is 0.244 e. The molecule has 0 saturated carbocycles. The van der Waals surface area contributed by atoms with Gasteiger partial charge in [-0.3, -0.25) is 4.79 Å². The summed E-state index contributed by atoms with van der Waals surface area (Å²) < 4.78 is 5.93. The highest BCUT2D eigenvalue weighted by molar-refractivity contribution is 6.02. The minimum Gasteiger partial charge on any atom is -0.490 e. The molecule has 4 heteroatoms. The number of nitrogens with zero attached hydrogens (tertiary/aromatic N) is 1. The van der Waals surface area contributed by atoms with E-state index in [-0.39, 0.29) is 12.0 Å². The molecule has 0 spiro atoms. The van der Waals surface area contributed by atoms with Crippen LogP contribution in [0.15, 0.2) is 59.7 Å². The molecule has 0 fully saturated rings. The minimum absolute atomic E-state index is 0.0485. The van der Waals surface area contributed by atoms with Crippen LogP contribution < -0.4 is 10.2 Å². The summed E-state index contributed by atoms with van der Waals surface area (Å²) in [5.74, 6) is 0.607. The van der Waals surface area contributed by atoms with E-state index in [0.717, 1.165) is 33.2 Å². The van der Waals surface area contributed by atoms with Crippen LogP contribution >= 0.6 is 0 Å². The monoisotopic (exact) mass is 374 g/mol. The Hall–Kier alpha value is -3.14. The minimum atomic E-state index is -0.144. The summed E-state index contributed by atoms with van der Waals surface area (Å²) in [6, 6.07) is 18.1. The van der Waals surface area contributed by atoms with Gasteiger partial charge in [0.2, 0.25) is 5.91 Å². The van der Waals surface area contributed by atoms with Gasteiger partial charge in [-0.25, -0.2) is 5.43 Å². The fourth-order valence-corrected chi connectivity index (χ4v) is 3.19. The molecule has 0 aromatic heterocycles. The molecule has 28 heavy (non-hydrogen) atoms. The molecule has 0 heterocycles. The first-order chi connectivity index (χ1) is 13.4. The number of benzene rings is 3. The van der Waals surface area contributed by atoms with Gasteiger partial charge in [0.15, 0.2) is 0 Å². The summed E-state index contributed by atoms with van der Waals surface area (Å²) in [4.78, 5) is 12.3. The van der Waals surface area contributed by atoms with Crippen molar-refractivity contribution in [3.05, 3.63) is 76.9 Å². The molecule has 0 aliphatic rings. The predicted molar refractivity (Wildman–Crippen MR) is 115 cm³/mol. The molecular formula is C24H26N2O2. The Balaban J connectivity index is 1.79. The number of aryl methyl sites for hydroxylation is 2. The molecule has 0 aliphatic heterocycles. The molecule has 0 atom stereocenters. The number of hydrogen-bond donors (Lipinski definition) is 1. The number of nitrogens with one attached hydrogen (secondary N) is 1. The zero-order valence-corrected chi connectivity index (χ0v) is 16.8. The Morgan fingerprint density at radius 2 is 1.89 bits per heavy atom. The molecule has 3 rings (SSSR count). The third-order valence-corrected chi connectivity index (χ3v) is 4.53. The SMILES string of the molecule is Cc1ccc(CC(=O)N/N=C/c2c(OC(C)C)ccc3ccccc23)c(C)c1. The summed E-state index contributed by atoms with van der Waals surface area (Å²) in [7, 11) is 0. The van der Waals surface area contributed by atoms with Crippen LogP contribution in [0.1, 0.15) is 36.1 Å². The first kappa shape index (κ1) is 19.6. The average molecular weight is 374 g/mol. The quantitative estimate of drug-likeness (QED) is 0.491. The molecule has 4 nitrogen and oxygen atoms in total. The van der Waals surface area contributed by atoms with Gasteiger partial charge < -0.3 is 4.74 Å². The largest absolute Gasteiger partial charge is 0.490 e. The van der Waals surface area contributed by atoms with E-state index in [9.17, 15) is 4.79 Å². The van der Waals surface area contributed by atoms with Crippen molar-refractivity contribution in [1.82, 2.24) is 5.43 Å². The highest BCUT2D eigenvalue weighted by Crippen LogP contribution is 2.27. The van der Waals surface area contributed by atoms with Gasteiger partial charge in [-0.05, 0) is 55.7 Å². The first-order valence-electron chi connectivity index (χ1n) is 9.50. The summed E-state index contributed by atoms with van der Waals surface area (Å²) in [6.45, 7) is 8.04. The zero-order valence-electron chi connectivity index (χ0n) is 16.8. The van der Waals surface area contributed by atoms with Crippen LogP contribution in [0.5, 0.6) is 5.75 Å². The van der Waals surface area contributed by atoms with Gasteiger partial charge >= 0.3 is 0 Å². The topological polar surface area (TPSA) is 50.7 Å². The number of hydrogen-bond acceptors (Lipinski definition) is 3. The zero-order chi connectivity index (χ0) is 20.1. The van der Waals surface area contributed by atoms with Crippen LogP contribution in [0.4, 0.5) is 0 Å². The molecule has 1 amide bonds. The van der Waals surface area contributed by atoms with Crippen molar-refractivity contribution < 1.29 is 9.53 Å². The molecule has 0 unspecified atom stereocenters. The van der Waals surface area contributed by atoms with Crippen LogP contribution in [0.2, 0.25) is 0 Å². The molecule has 0 radical (unpaired) electrons. The van der Waals surface area contributed by atoms with Crippen molar-refractivity contribution in [1.29, 1.82) is 0 Å². The Kier molecular flexibility index (Phi) is 6.09. The molecule has 0 bridgehead atoms. The van der Waals surface area contributed by atoms with Crippen molar-refractivity contribution >= 4 is 22.9 Å². The van der Waals surface area contributed by atoms with E-state index in [4.69, 9.17) is 4.74 Å². The van der Waals surface area contributed by atoms with Crippen molar-refractivity contribution in [2.75, 3.05) is 0 Å². The van der Waals surface area contributed by atoms with Crippen molar-refractivity contribution in [3.8, 4) is 5.75 Å². The Morgan fingerprint density at radius 3 is 2.64 bits per heavy atom. The predicted octanol–water partition coefficient (Wildman–Crippen LogP) is 4.94. The van der Waals surface area contributed by atoms with Crippen LogP contribution in [0.3, 0.4) is 0 Å². The Bertz CT molecular complexity index is 1020. The van der Waals surface area contributed by atoms with Crippen LogP contribution in [0.25, 0.3) is 10.8 Å². The van der Waals surface area contributed by atoms with Crippen LogP contribution in [-0.4, -0.2) is 18.2 Å². The van der Waals surface area contributed by atoms with Crippen LogP contribution in [0, 0.1) is 13.8 Å². The van der Waals surface area contributed by atoms with Crippen LogP contribution in [-0.2, 0) is 11.2 Å². The van der Waals surface area contributed by atoms with E-state index in [1.54, 1.807) is 6.21 Å².